The Kier molecular flexibility index (Phi) is 7.50. The third-order valence-corrected chi connectivity index (χ3v) is 9.95. The monoisotopic (exact) mass is 535 g/mol. The fraction of sp³-hybridized carbons (Fsp3) is 0.318. The van der Waals surface area contributed by atoms with E-state index in [-0.39, 0.29) is 20.1 Å². The standard InChI is InChI=1S/C22H25N5O5S3/c1-16-7-6-8-17(15-16)20(28)23-21-24-25-22(33-21)34(29,30)26-18-9-11-19(12-10-18)35(31,32)27-13-4-2-3-5-14-27/h6-12,15,26H,2-5,13-14H2,1H3,(H,23,24,28). The molecule has 2 aromatic carbocycles. The number of carbonyl (C=O) groups is 1. The highest BCUT2D eigenvalue weighted by Gasteiger charge is 2.26. The van der Waals surface area contributed by atoms with Crippen LogP contribution in [0.2, 0.25) is 0 Å². The molecule has 1 aliphatic heterocycles. The number of aryl methyl sites for hydroxylation is 1. The number of rotatable bonds is 7. The van der Waals surface area contributed by atoms with Crippen molar-refractivity contribution >= 4 is 48.1 Å². The van der Waals surface area contributed by atoms with Crippen LogP contribution in [-0.2, 0) is 20.0 Å². The average molecular weight is 536 g/mol. The van der Waals surface area contributed by atoms with Crippen LogP contribution in [0.1, 0.15) is 41.6 Å². The van der Waals surface area contributed by atoms with Gasteiger partial charge in [-0.15, -0.1) is 10.2 Å². The molecule has 4 rings (SSSR count). The Morgan fingerprint density at radius 1 is 0.943 bits per heavy atom. The average Bonchev–Trinajstić information content (AvgIpc) is 3.12. The molecule has 1 amide bonds. The van der Waals surface area contributed by atoms with Gasteiger partial charge in [0.15, 0.2) is 0 Å². The van der Waals surface area contributed by atoms with E-state index in [1.807, 2.05) is 13.0 Å². The van der Waals surface area contributed by atoms with Crippen LogP contribution in [-0.4, -0.2) is 50.3 Å². The number of sulfonamides is 2. The van der Waals surface area contributed by atoms with Gasteiger partial charge in [0.05, 0.1) is 4.90 Å². The van der Waals surface area contributed by atoms with Gasteiger partial charge in [0.1, 0.15) is 0 Å². The number of nitrogens with zero attached hydrogens (tertiary/aromatic N) is 3. The van der Waals surface area contributed by atoms with Crippen molar-refractivity contribution in [1.82, 2.24) is 14.5 Å². The number of hydrogen-bond donors (Lipinski definition) is 2. The Labute approximate surface area is 208 Å². The Bertz CT molecular complexity index is 1410. The molecule has 10 nitrogen and oxygen atoms in total. The zero-order valence-corrected chi connectivity index (χ0v) is 21.4. The number of benzene rings is 2. The summed E-state index contributed by atoms with van der Waals surface area (Å²) >= 11 is 0.707. The molecular weight excluding hydrogens is 510 g/mol. The van der Waals surface area contributed by atoms with Crippen LogP contribution >= 0.6 is 11.3 Å². The summed E-state index contributed by atoms with van der Waals surface area (Å²) in [4.78, 5) is 12.5. The molecule has 186 valence electrons. The van der Waals surface area contributed by atoms with Crippen molar-refractivity contribution in [1.29, 1.82) is 0 Å². The number of hydrogen-bond acceptors (Lipinski definition) is 8. The fourth-order valence-corrected chi connectivity index (χ4v) is 7.12. The van der Waals surface area contributed by atoms with E-state index < -0.39 is 26.0 Å². The minimum atomic E-state index is -4.09. The highest BCUT2D eigenvalue weighted by atomic mass is 32.2. The van der Waals surface area contributed by atoms with E-state index in [0.29, 0.717) is 30.0 Å². The van der Waals surface area contributed by atoms with E-state index in [9.17, 15) is 21.6 Å². The summed E-state index contributed by atoms with van der Waals surface area (Å²) in [7, 11) is -7.73. The number of amides is 1. The van der Waals surface area contributed by atoms with E-state index in [4.69, 9.17) is 0 Å². The molecule has 0 spiro atoms. The largest absolute Gasteiger partial charge is 0.296 e. The topological polar surface area (TPSA) is 138 Å². The zero-order chi connectivity index (χ0) is 25.1. The summed E-state index contributed by atoms with van der Waals surface area (Å²) < 4.78 is 54.8. The number of carbonyl (C=O) groups excluding carboxylic acids is 1. The molecule has 1 aromatic heterocycles. The van der Waals surface area contributed by atoms with Crippen molar-refractivity contribution in [2.75, 3.05) is 23.1 Å². The summed E-state index contributed by atoms with van der Waals surface area (Å²) in [6.07, 6.45) is 3.67. The highest BCUT2D eigenvalue weighted by Crippen LogP contribution is 2.25. The third-order valence-electron chi connectivity index (χ3n) is 5.45. The van der Waals surface area contributed by atoms with Crippen LogP contribution in [0.3, 0.4) is 0 Å². The van der Waals surface area contributed by atoms with Crippen molar-refractivity contribution in [2.24, 2.45) is 0 Å². The lowest BCUT2D eigenvalue weighted by atomic mass is 10.1. The van der Waals surface area contributed by atoms with Crippen LogP contribution in [0, 0.1) is 6.92 Å². The Hall–Kier alpha value is -2.87. The van der Waals surface area contributed by atoms with Crippen molar-refractivity contribution < 1.29 is 21.6 Å². The lowest BCUT2D eigenvalue weighted by Gasteiger charge is -2.20. The molecule has 3 aromatic rings. The van der Waals surface area contributed by atoms with Crippen molar-refractivity contribution in [3.8, 4) is 0 Å². The van der Waals surface area contributed by atoms with Crippen molar-refractivity contribution in [3.05, 3.63) is 59.7 Å². The summed E-state index contributed by atoms with van der Waals surface area (Å²) in [5, 5.41) is 10.0. The first-order valence-corrected chi connectivity index (χ1v) is 14.7. The first-order chi connectivity index (χ1) is 16.6. The lowest BCUT2D eigenvalue weighted by molar-refractivity contribution is 0.102. The predicted octanol–water partition coefficient (Wildman–Crippen LogP) is 3.46. The summed E-state index contributed by atoms with van der Waals surface area (Å²) in [6.45, 7) is 2.82. The van der Waals surface area contributed by atoms with Gasteiger partial charge in [-0.3, -0.25) is 14.8 Å². The van der Waals surface area contributed by atoms with E-state index >= 15 is 0 Å². The van der Waals surface area contributed by atoms with Gasteiger partial charge in [-0.2, -0.15) is 12.7 Å². The van der Waals surface area contributed by atoms with Crippen LogP contribution < -0.4 is 10.0 Å². The van der Waals surface area contributed by atoms with Crippen LogP contribution in [0.5, 0.6) is 0 Å². The van der Waals surface area contributed by atoms with Crippen molar-refractivity contribution in [2.45, 2.75) is 41.8 Å². The first kappa shape index (κ1) is 25.2. The maximum absolute atomic E-state index is 12.9. The maximum Gasteiger partial charge on any atom is 0.291 e. The Morgan fingerprint density at radius 2 is 1.63 bits per heavy atom. The smallest absolute Gasteiger partial charge is 0.291 e. The number of nitrogens with one attached hydrogen (secondary N) is 2. The molecule has 1 saturated heterocycles. The van der Waals surface area contributed by atoms with Gasteiger partial charge in [-0.25, -0.2) is 8.42 Å². The fourth-order valence-electron chi connectivity index (χ4n) is 3.65. The molecule has 0 aliphatic carbocycles. The van der Waals surface area contributed by atoms with Crippen molar-refractivity contribution in [3.63, 3.8) is 0 Å². The van der Waals surface area contributed by atoms with Gasteiger partial charge in [-0.1, -0.05) is 41.9 Å². The molecule has 2 N–H and O–H groups in total. The zero-order valence-electron chi connectivity index (χ0n) is 19.0. The summed E-state index contributed by atoms with van der Waals surface area (Å²) in [5.41, 5.74) is 1.51. The molecule has 0 radical (unpaired) electrons. The maximum atomic E-state index is 12.9. The molecule has 0 unspecified atom stereocenters. The first-order valence-electron chi connectivity index (χ1n) is 11.0. The van der Waals surface area contributed by atoms with Gasteiger partial charge < -0.3 is 0 Å². The third kappa shape index (κ3) is 6.04. The van der Waals surface area contributed by atoms with Crippen LogP contribution in [0.15, 0.2) is 57.8 Å². The molecule has 0 bridgehead atoms. The minimum absolute atomic E-state index is 0.0378. The van der Waals surface area contributed by atoms with E-state index in [2.05, 4.69) is 20.2 Å². The van der Waals surface area contributed by atoms with Gasteiger partial charge >= 0.3 is 0 Å². The SMILES string of the molecule is Cc1cccc(C(=O)Nc2nnc(S(=O)(=O)Nc3ccc(S(=O)(=O)N4CCCCCC4)cc3)s2)c1. The van der Waals surface area contributed by atoms with E-state index in [1.165, 1.54) is 28.6 Å². The van der Waals surface area contributed by atoms with Gasteiger partial charge in [0, 0.05) is 24.3 Å². The molecule has 13 heteroatoms. The predicted molar refractivity (Wildman–Crippen MR) is 134 cm³/mol. The Balaban J connectivity index is 1.44. The minimum Gasteiger partial charge on any atom is -0.296 e. The second-order valence-electron chi connectivity index (χ2n) is 8.14. The summed E-state index contributed by atoms with van der Waals surface area (Å²) in [6, 6.07) is 12.5. The molecule has 0 atom stereocenters. The quantitative estimate of drug-likeness (QED) is 0.442. The molecule has 0 saturated carbocycles. The van der Waals surface area contributed by atoms with E-state index in [1.54, 1.807) is 18.2 Å². The van der Waals surface area contributed by atoms with Gasteiger partial charge in [-0.05, 0) is 56.2 Å². The molecule has 35 heavy (non-hydrogen) atoms. The molecule has 1 aliphatic rings. The second kappa shape index (κ2) is 10.4. The highest BCUT2D eigenvalue weighted by molar-refractivity contribution is 7.94. The van der Waals surface area contributed by atoms with Gasteiger partial charge in [0.25, 0.3) is 20.3 Å². The molecular formula is C22H25N5O5S3. The van der Waals surface area contributed by atoms with E-state index in [0.717, 1.165) is 31.2 Å². The Morgan fingerprint density at radius 3 is 2.29 bits per heavy atom. The second-order valence-corrected chi connectivity index (χ2v) is 12.9. The van der Waals surface area contributed by atoms with Gasteiger partial charge in [0.2, 0.25) is 15.2 Å². The molecule has 1 fully saturated rings. The molecule has 2 heterocycles. The van der Waals surface area contributed by atoms with Crippen LogP contribution in [0.4, 0.5) is 10.8 Å². The lowest BCUT2D eigenvalue weighted by Crippen LogP contribution is -2.31. The number of aromatic nitrogens is 2. The summed E-state index contributed by atoms with van der Waals surface area (Å²) in [5.74, 6) is -0.428. The normalized spacial score (nSPS) is 15.3. The van der Waals surface area contributed by atoms with Crippen LogP contribution in [0.25, 0.3) is 0 Å². The number of anilines is 2.